The lowest BCUT2D eigenvalue weighted by Gasteiger charge is -1.92. The van der Waals surface area contributed by atoms with E-state index < -0.39 is 0 Å². The molecule has 0 radical (unpaired) electrons. The summed E-state index contributed by atoms with van der Waals surface area (Å²) in [5, 5.41) is 21.1. The zero-order valence-corrected chi connectivity index (χ0v) is 8.29. The molecule has 0 aliphatic rings. The first kappa shape index (κ1) is 10.3. The number of nitrogens with zero attached hydrogens (tertiary/aromatic N) is 4. The summed E-state index contributed by atoms with van der Waals surface area (Å²) in [7, 11) is 0. The number of pyridine rings is 1. The first-order valence-corrected chi connectivity index (χ1v) is 4.63. The highest BCUT2D eigenvalue weighted by atomic mass is 16.5. The number of nitriles is 1. The second-order valence-electron chi connectivity index (χ2n) is 3.03. The van der Waals surface area contributed by atoms with Gasteiger partial charge >= 0.3 is 0 Å². The Labute approximate surface area is 91.2 Å². The smallest absolute Gasteiger partial charge is 0.258 e. The van der Waals surface area contributed by atoms with Crippen LogP contribution in [-0.4, -0.2) is 26.8 Å². The molecule has 0 spiro atoms. The summed E-state index contributed by atoms with van der Waals surface area (Å²) in [6, 6.07) is 5.17. The number of aliphatic hydroxyl groups excluding tert-OH is 1. The van der Waals surface area contributed by atoms with Gasteiger partial charge in [-0.3, -0.25) is 0 Å². The van der Waals surface area contributed by atoms with Crippen LogP contribution in [-0.2, 0) is 6.42 Å². The number of hydrogen-bond acceptors (Lipinski definition) is 6. The van der Waals surface area contributed by atoms with Crippen LogP contribution in [0.15, 0.2) is 22.9 Å². The minimum Gasteiger partial charge on any atom is -0.396 e. The monoisotopic (exact) mass is 216 g/mol. The molecule has 2 aromatic rings. The van der Waals surface area contributed by atoms with Gasteiger partial charge in [0.25, 0.3) is 5.89 Å². The number of aromatic nitrogens is 3. The summed E-state index contributed by atoms with van der Waals surface area (Å²) in [6.07, 6.45) is 1.85. The normalized spacial score (nSPS) is 10.0. The standard InChI is InChI=1S/C10H8N4O2/c11-6-8-5-7(1-3-12-8)10-13-9(2-4-15)14-16-10/h1,3,5,15H,2,4H2. The molecule has 80 valence electrons. The maximum atomic E-state index is 8.71. The van der Waals surface area contributed by atoms with Gasteiger partial charge in [0, 0.05) is 18.2 Å². The second-order valence-corrected chi connectivity index (χ2v) is 3.03. The fraction of sp³-hybridized carbons (Fsp3) is 0.200. The van der Waals surface area contributed by atoms with E-state index in [1.165, 1.54) is 6.20 Å². The molecular weight excluding hydrogens is 208 g/mol. The Morgan fingerprint density at radius 3 is 3.12 bits per heavy atom. The molecule has 0 aliphatic carbocycles. The van der Waals surface area contributed by atoms with Gasteiger partial charge in [0.2, 0.25) is 0 Å². The Bertz CT molecular complexity index is 530. The van der Waals surface area contributed by atoms with Gasteiger partial charge < -0.3 is 9.63 Å². The quantitative estimate of drug-likeness (QED) is 0.804. The third kappa shape index (κ3) is 2.04. The first-order valence-electron chi connectivity index (χ1n) is 4.63. The lowest BCUT2D eigenvalue weighted by Crippen LogP contribution is -1.92. The highest BCUT2D eigenvalue weighted by Crippen LogP contribution is 2.16. The molecule has 0 saturated heterocycles. The molecule has 6 heteroatoms. The molecule has 2 heterocycles. The predicted molar refractivity (Wildman–Crippen MR) is 53.0 cm³/mol. The van der Waals surface area contributed by atoms with E-state index >= 15 is 0 Å². The summed E-state index contributed by atoms with van der Waals surface area (Å²) in [5.74, 6) is 0.759. The van der Waals surface area contributed by atoms with Gasteiger partial charge in [0.05, 0.1) is 6.61 Å². The van der Waals surface area contributed by atoms with Crippen molar-refractivity contribution in [2.45, 2.75) is 6.42 Å². The fourth-order valence-corrected chi connectivity index (χ4v) is 1.20. The average molecular weight is 216 g/mol. The molecule has 0 fully saturated rings. The van der Waals surface area contributed by atoms with Crippen LogP contribution >= 0.6 is 0 Å². The molecule has 2 aromatic heterocycles. The maximum absolute atomic E-state index is 8.71. The van der Waals surface area contributed by atoms with E-state index in [4.69, 9.17) is 14.9 Å². The summed E-state index contributed by atoms with van der Waals surface area (Å²) in [4.78, 5) is 7.91. The Hall–Kier alpha value is -2.26. The number of aliphatic hydroxyl groups is 1. The van der Waals surface area contributed by atoms with Crippen LogP contribution in [0.4, 0.5) is 0 Å². The van der Waals surface area contributed by atoms with Crippen LogP contribution in [0, 0.1) is 11.3 Å². The lowest BCUT2D eigenvalue weighted by molar-refractivity contribution is 0.293. The molecule has 0 unspecified atom stereocenters. The molecule has 0 bridgehead atoms. The second kappa shape index (κ2) is 4.51. The van der Waals surface area contributed by atoms with Crippen molar-refractivity contribution in [1.29, 1.82) is 5.26 Å². The van der Waals surface area contributed by atoms with Crippen LogP contribution in [0.3, 0.4) is 0 Å². The fourth-order valence-electron chi connectivity index (χ4n) is 1.20. The van der Waals surface area contributed by atoms with Crippen LogP contribution in [0.5, 0.6) is 0 Å². The minimum atomic E-state index is -0.0290. The van der Waals surface area contributed by atoms with Crippen LogP contribution < -0.4 is 0 Å². The Kier molecular flexibility index (Phi) is 2.89. The summed E-state index contributed by atoms with van der Waals surface area (Å²) in [5.41, 5.74) is 0.933. The molecule has 0 atom stereocenters. The van der Waals surface area contributed by atoms with E-state index in [1.54, 1.807) is 12.1 Å². The molecule has 16 heavy (non-hydrogen) atoms. The zero-order chi connectivity index (χ0) is 11.4. The third-order valence-corrected chi connectivity index (χ3v) is 1.92. The Morgan fingerprint density at radius 2 is 2.38 bits per heavy atom. The molecular formula is C10H8N4O2. The first-order chi connectivity index (χ1) is 7.83. The van der Waals surface area contributed by atoms with Gasteiger partial charge in [-0.15, -0.1) is 0 Å². The molecule has 0 aliphatic heterocycles. The van der Waals surface area contributed by atoms with Gasteiger partial charge in [0.1, 0.15) is 11.8 Å². The predicted octanol–water partition coefficient (Wildman–Crippen LogP) is 0.538. The average Bonchev–Trinajstić information content (AvgIpc) is 2.78. The van der Waals surface area contributed by atoms with Gasteiger partial charge in [0.15, 0.2) is 5.82 Å². The largest absolute Gasteiger partial charge is 0.396 e. The van der Waals surface area contributed by atoms with Crippen molar-refractivity contribution in [3.63, 3.8) is 0 Å². The van der Waals surface area contributed by atoms with E-state index in [2.05, 4.69) is 15.1 Å². The van der Waals surface area contributed by atoms with Crippen molar-refractivity contribution in [3.8, 4) is 17.5 Å². The van der Waals surface area contributed by atoms with Gasteiger partial charge in [-0.05, 0) is 12.1 Å². The third-order valence-electron chi connectivity index (χ3n) is 1.92. The van der Waals surface area contributed by atoms with Crippen molar-refractivity contribution >= 4 is 0 Å². The molecule has 0 saturated carbocycles. The van der Waals surface area contributed by atoms with Gasteiger partial charge in [-0.2, -0.15) is 10.2 Å². The van der Waals surface area contributed by atoms with Crippen LogP contribution in [0.25, 0.3) is 11.5 Å². The van der Waals surface area contributed by atoms with Crippen LogP contribution in [0.1, 0.15) is 11.5 Å². The van der Waals surface area contributed by atoms with Crippen molar-refractivity contribution in [2.24, 2.45) is 0 Å². The van der Waals surface area contributed by atoms with E-state index in [0.717, 1.165) is 0 Å². The number of rotatable bonds is 3. The SMILES string of the molecule is N#Cc1cc(-c2nc(CCO)no2)ccn1. The van der Waals surface area contributed by atoms with Crippen LogP contribution in [0.2, 0.25) is 0 Å². The van der Waals surface area contributed by atoms with E-state index in [-0.39, 0.29) is 6.61 Å². The van der Waals surface area contributed by atoms with E-state index in [1.807, 2.05) is 6.07 Å². The van der Waals surface area contributed by atoms with Gasteiger partial charge in [-0.1, -0.05) is 5.16 Å². The molecule has 0 aromatic carbocycles. The molecule has 1 N–H and O–H groups in total. The summed E-state index contributed by atoms with van der Waals surface area (Å²) < 4.78 is 4.99. The van der Waals surface area contributed by atoms with Crippen molar-refractivity contribution < 1.29 is 9.63 Å². The van der Waals surface area contributed by atoms with Crippen molar-refractivity contribution in [2.75, 3.05) is 6.61 Å². The van der Waals surface area contributed by atoms with Crippen molar-refractivity contribution in [3.05, 3.63) is 29.8 Å². The maximum Gasteiger partial charge on any atom is 0.258 e. The number of hydrogen-bond donors (Lipinski definition) is 1. The highest BCUT2D eigenvalue weighted by molar-refractivity contribution is 5.53. The Morgan fingerprint density at radius 1 is 1.50 bits per heavy atom. The minimum absolute atomic E-state index is 0.0290. The summed E-state index contributed by atoms with van der Waals surface area (Å²) >= 11 is 0. The van der Waals surface area contributed by atoms with E-state index in [9.17, 15) is 0 Å². The molecule has 2 rings (SSSR count). The summed E-state index contributed by atoms with van der Waals surface area (Å²) in [6.45, 7) is -0.0290. The topological polar surface area (TPSA) is 95.8 Å². The molecule has 0 amide bonds. The molecule has 6 nitrogen and oxygen atoms in total. The van der Waals surface area contributed by atoms with Crippen molar-refractivity contribution in [1.82, 2.24) is 15.1 Å². The lowest BCUT2D eigenvalue weighted by atomic mass is 10.2. The Balaban J connectivity index is 2.32. The van der Waals surface area contributed by atoms with E-state index in [0.29, 0.717) is 29.4 Å². The highest BCUT2D eigenvalue weighted by Gasteiger charge is 2.08. The van der Waals surface area contributed by atoms with Gasteiger partial charge in [-0.25, -0.2) is 4.98 Å². The zero-order valence-electron chi connectivity index (χ0n) is 8.29.